The first kappa shape index (κ1) is 12.6. The lowest BCUT2D eigenvalue weighted by atomic mass is 10.1. The van der Waals surface area contributed by atoms with E-state index in [1.54, 1.807) is 6.07 Å². The number of allylic oxidation sites excluding steroid dienone is 1. The lowest BCUT2D eigenvalue weighted by Crippen LogP contribution is -2.06. The number of rotatable bonds is 4. The van der Waals surface area contributed by atoms with E-state index in [1.807, 2.05) is 0 Å². The van der Waals surface area contributed by atoms with E-state index in [4.69, 9.17) is 5.26 Å². The van der Waals surface area contributed by atoms with Gasteiger partial charge in [0.1, 0.15) is 6.07 Å². The summed E-state index contributed by atoms with van der Waals surface area (Å²) in [6.07, 6.45) is 6.47. The third-order valence-corrected chi connectivity index (χ3v) is 3.10. The average Bonchev–Trinajstić information content (AvgIpc) is 2.88. The van der Waals surface area contributed by atoms with Crippen molar-refractivity contribution in [2.45, 2.75) is 25.7 Å². The molecule has 18 heavy (non-hydrogen) atoms. The molecule has 2 rings (SSSR count). The quantitative estimate of drug-likeness (QED) is 0.824. The van der Waals surface area contributed by atoms with E-state index >= 15 is 0 Å². The number of nitrogens with zero attached hydrogens (tertiary/aromatic N) is 1. The molecule has 1 aliphatic rings. The normalized spacial score (nSPS) is 14.2. The van der Waals surface area contributed by atoms with Gasteiger partial charge in [-0.15, -0.1) is 0 Å². The molecule has 0 spiro atoms. The van der Waals surface area contributed by atoms with Gasteiger partial charge in [0.15, 0.2) is 11.6 Å². The van der Waals surface area contributed by atoms with E-state index < -0.39 is 11.6 Å². The van der Waals surface area contributed by atoms with E-state index in [-0.39, 0.29) is 11.3 Å². The molecule has 0 fully saturated rings. The van der Waals surface area contributed by atoms with Gasteiger partial charge >= 0.3 is 0 Å². The van der Waals surface area contributed by atoms with Gasteiger partial charge in [-0.05, 0) is 37.8 Å². The number of hydrogen-bond donors (Lipinski definition) is 1. The Bertz CT molecular complexity index is 515. The van der Waals surface area contributed by atoms with Gasteiger partial charge in [0.2, 0.25) is 0 Å². The fourth-order valence-electron chi connectivity index (χ4n) is 2.09. The van der Waals surface area contributed by atoms with Crippen LogP contribution in [0.25, 0.3) is 0 Å². The molecule has 0 heterocycles. The Balaban J connectivity index is 1.97. The number of nitrogens with one attached hydrogen (secondary N) is 1. The van der Waals surface area contributed by atoms with Crippen molar-refractivity contribution in [3.05, 3.63) is 41.0 Å². The van der Waals surface area contributed by atoms with Gasteiger partial charge in [0.25, 0.3) is 0 Å². The first-order chi connectivity index (χ1) is 8.72. The van der Waals surface area contributed by atoms with Crippen LogP contribution >= 0.6 is 0 Å². The highest BCUT2D eigenvalue weighted by Gasteiger charge is 2.13. The van der Waals surface area contributed by atoms with Crippen LogP contribution in [-0.4, -0.2) is 6.54 Å². The number of benzene rings is 1. The number of anilines is 1. The number of nitriles is 1. The highest BCUT2D eigenvalue weighted by atomic mass is 19.2. The van der Waals surface area contributed by atoms with E-state index in [0.29, 0.717) is 6.54 Å². The maximum absolute atomic E-state index is 13.5. The second-order valence-electron chi connectivity index (χ2n) is 4.33. The van der Waals surface area contributed by atoms with Gasteiger partial charge in [0.05, 0.1) is 11.3 Å². The summed E-state index contributed by atoms with van der Waals surface area (Å²) in [4.78, 5) is 0. The van der Waals surface area contributed by atoms with Crippen LogP contribution in [0, 0.1) is 23.0 Å². The molecular formula is C14H14F2N2. The Morgan fingerprint density at radius 1 is 1.28 bits per heavy atom. The van der Waals surface area contributed by atoms with E-state index in [1.165, 1.54) is 24.1 Å². The summed E-state index contributed by atoms with van der Waals surface area (Å²) in [5.74, 6) is -2.06. The highest BCUT2D eigenvalue weighted by molar-refractivity contribution is 5.49. The Labute approximate surface area is 105 Å². The van der Waals surface area contributed by atoms with Crippen molar-refractivity contribution < 1.29 is 8.78 Å². The van der Waals surface area contributed by atoms with Crippen molar-refractivity contribution in [1.29, 1.82) is 5.26 Å². The highest BCUT2D eigenvalue weighted by Crippen LogP contribution is 2.22. The van der Waals surface area contributed by atoms with Gasteiger partial charge in [-0.1, -0.05) is 11.6 Å². The molecule has 1 aromatic carbocycles. The topological polar surface area (TPSA) is 35.8 Å². The third kappa shape index (κ3) is 2.67. The molecule has 0 bridgehead atoms. The van der Waals surface area contributed by atoms with Gasteiger partial charge < -0.3 is 5.32 Å². The zero-order valence-electron chi connectivity index (χ0n) is 9.97. The monoisotopic (exact) mass is 248 g/mol. The van der Waals surface area contributed by atoms with Crippen LogP contribution in [0.15, 0.2) is 23.8 Å². The van der Waals surface area contributed by atoms with Gasteiger partial charge in [-0.25, -0.2) is 8.78 Å². The summed E-state index contributed by atoms with van der Waals surface area (Å²) in [5.41, 5.74) is 1.22. The van der Waals surface area contributed by atoms with Crippen molar-refractivity contribution >= 4 is 5.69 Å². The third-order valence-electron chi connectivity index (χ3n) is 3.10. The predicted octanol–water partition coefficient (Wildman–Crippen LogP) is 3.75. The largest absolute Gasteiger partial charge is 0.382 e. The standard InChI is InChI=1S/C14H14F2N2/c15-13-11(9-17)5-6-12(14(13)16)18-8-7-10-3-1-2-4-10/h3,5-6,18H,1-2,4,7-8H2. The van der Waals surface area contributed by atoms with Crippen molar-refractivity contribution in [2.75, 3.05) is 11.9 Å². The fourth-order valence-corrected chi connectivity index (χ4v) is 2.09. The summed E-state index contributed by atoms with van der Waals surface area (Å²) in [6, 6.07) is 4.30. The van der Waals surface area contributed by atoms with Crippen LogP contribution in [0.4, 0.5) is 14.5 Å². The molecule has 1 aliphatic carbocycles. The smallest absolute Gasteiger partial charge is 0.183 e. The molecule has 1 aromatic rings. The summed E-state index contributed by atoms with van der Waals surface area (Å²) >= 11 is 0. The minimum atomic E-state index is -1.08. The number of hydrogen-bond acceptors (Lipinski definition) is 2. The minimum absolute atomic E-state index is 0.116. The molecule has 0 saturated carbocycles. The summed E-state index contributed by atoms with van der Waals surface area (Å²) in [5, 5.41) is 11.4. The zero-order chi connectivity index (χ0) is 13.0. The average molecular weight is 248 g/mol. The molecule has 0 aliphatic heterocycles. The molecule has 4 heteroatoms. The van der Waals surface area contributed by atoms with Gasteiger partial charge in [0, 0.05) is 6.54 Å². The Morgan fingerprint density at radius 3 is 2.78 bits per heavy atom. The molecule has 0 unspecified atom stereocenters. The molecular weight excluding hydrogens is 234 g/mol. The summed E-state index contributed by atoms with van der Waals surface area (Å²) in [6.45, 7) is 0.577. The van der Waals surface area contributed by atoms with Crippen LogP contribution in [0.5, 0.6) is 0 Å². The molecule has 0 atom stereocenters. The molecule has 1 N–H and O–H groups in total. The van der Waals surface area contributed by atoms with Crippen LogP contribution < -0.4 is 5.32 Å². The van der Waals surface area contributed by atoms with Crippen LogP contribution in [-0.2, 0) is 0 Å². The first-order valence-electron chi connectivity index (χ1n) is 6.02. The van der Waals surface area contributed by atoms with E-state index in [9.17, 15) is 8.78 Å². The molecule has 2 nitrogen and oxygen atoms in total. The Kier molecular flexibility index (Phi) is 3.93. The fraction of sp³-hybridized carbons (Fsp3) is 0.357. The Morgan fingerprint density at radius 2 is 2.11 bits per heavy atom. The molecule has 0 saturated heterocycles. The molecule has 0 amide bonds. The van der Waals surface area contributed by atoms with Crippen molar-refractivity contribution in [1.82, 2.24) is 0 Å². The first-order valence-corrected chi connectivity index (χ1v) is 6.02. The van der Waals surface area contributed by atoms with E-state index in [0.717, 1.165) is 19.3 Å². The Hall–Kier alpha value is -1.89. The summed E-state index contributed by atoms with van der Waals surface area (Å²) < 4.78 is 26.9. The maximum Gasteiger partial charge on any atom is 0.183 e. The molecule has 94 valence electrons. The van der Waals surface area contributed by atoms with Gasteiger partial charge in [-0.2, -0.15) is 5.26 Å². The predicted molar refractivity (Wildman–Crippen MR) is 66.1 cm³/mol. The van der Waals surface area contributed by atoms with Crippen molar-refractivity contribution in [3.8, 4) is 6.07 Å². The summed E-state index contributed by atoms with van der Waals surface area (Å²) in [7, 11) is 0. The van der Waals surface area contributed by atoms with Crippen LogP contribution in [0.3, 0.4) is 0 Å². The SMILES string of the molecule is N#Cc1ccc(NCCC2=CCCC2)c(F)c1F. The second kappa shape index (κ2) is 5.63. The van der Waals surface area contributed by atoms with Crippen molar-refractivity contribution in [2.24, 2.45) is 0 Å². The van der Waals surface area contributed by atoms with Crippen LogP contribution in [0.1, 0.15) is 31.2 Å². The second-order valence-corrected chi connectivity index (χ2v) is 4.33. The maximum atomic E-state index is 13.5. The zero-order valence-corrected chi connectivity index (χ0v) is 9.97. The van der Waals surface area contributed by atoms with Gasteiger partial charge in [-0.3, -0.25) is 0 Å². The van der Waals surface area contributed by atoms with E-state index in [2.05, 4.69) is 11.4 Å². The minimum Gasteiger partial charge on any atom is -0.382 e. The van der Waals surface area contributed by atoms with Crippen LogP contribution in [0.2, 0.25) is 0 Å². The lowest BCUT2D eigenvalue weighted by Gasteiger charge is -2.09. The number of halogens is 2. The van der Waals surface area contributed by atoms with Crippen molar-refractivity contribution in [3.63, 3.8) is 0 Å². The molecule has 0 aromatic heterocycles. The lowest BCUT2D eigenvalue weighted by molar-refractivity contribution is 0.508. The molecule has 0 radical (unpaired) electrons.